The van der Waals surface area contributed by atoms with Crippen LogP contribution in [0.1, 0.15) is 28.4 Å². The Labute approximate surface area is 185 Å². The molecule has 0 spiro atoms. The zero-order valence-corrected chi connectivity index (χ0v) is 18.3. The Bertz CT molecular complexity index is 1430. The lowest BCUT2D eigenvalue weighted by atomic mass is 10.0. The predicted octanol–water partition coefficient (Wildman–Crippen LogP) is 4.58. The van der Waals surface area contributed by atoms with Crippen molar-refractivity contribution in [1.29, 1.82) is 0 Å². The Balaban J connectivity index is 2.11. The van der Waals surface area contributed by atoms with E-state index in [2.05, 4.69) is 4.98 Å². The Hall–Kier alpha value is -2.85. The number of carboxylic acid groups (broad SMARTS) is 1. The molecule has 2 aromatic heterocycles. The molecule has 2 heterocycles. The molecule has 3 aromatic rings. The van der Waals surface area contributed by atoms with Crippen molar-refractivity contribution in [3.63, 3.8) is 0 Å². The molecule has 11 heteroatoms. The quantitative estimate of drug-likeness (QED) is 0.548. The van der Waals surface area contributed by atoms with E-state index in [0.717, 1.165) is 12.3 Å². The van der Waals surface area contributed by atoms with Crippen LogP contribution in [0.15, 0.2) is 40.8 Å². The van der Waals surface area contributed by atoms with Gasteiger partial charge in [-0.2, -0.15) is 13.2 Å². The zero-order valence-electron chi connectivity index (χ0n) is 16.7. The zero-order chi connectivity index (χ0) is 23.6. The van der Waals surface area contributed by atoms with Gasteiger partial charge in [0.15, 0.2) is 9.84 Å². The minimum absolute atomic E-state index is 0.0266. The minimum atomic E-state index is -4.78. The number of hydrogen-bond donors (Lipinski definition) is 1. The Morgan fingerprint density at radius 3 is 2.53 bits per heavy atom. The van der Waals surface area contributed by atoms with Crippen LogP contribution in [-0.2, 0) is 21.1 Å². The van der Waals surface area contributed by atoms with Gasteiger partial charge in [0, 0.05) is 17.3 Å². The summed E-state index contributed by atoms with van der Waals surface area (Å²) >= 11 is 6.02. The first-order chi connectivity index (χ1) is 14.8. The maximum absolute atomic E-state index is 14.1. The van der Waals surface area contributed by atoms with Crippen LogP contribution in [0.5, 0.6) is 0 Å². The summed E-state index contributed by atoms with van der Waals surface area (Å²) in [6.07, 6.45) is -3.44. The van der Waals surface area contributed by atoms with Gasteiger partial charge < -0.3 is 9.67 Å². The molecular formula is C21H16ClF3N2O4S. The highest BCUT2D eigenvalue weighted by atomic mass is 35.5. The number of allylic oxidation sites excluding steroid dienone is 1. The van der Waals surface area contributed by atoms with Crippen LogP contribution in [0.3, 0.4) is 0 Å². The van der Waals surface area contributed by atoms with Crippen molar-refractivity contribution < 1.29 is 31.5 Å². The summed E-state index contributed by atoms with van der Waals surface area (Å²) in [6, 6.07) is 5.57. The van der Waals surface area contributed by atoms with Crippen molar-refractivity contribution in [3.8, 4) is 0 Å². The number of nitrogens with zero attached hydrogens (tertiary/aromatic N) is 2. The molecule has 1 aromatic carbocycles. The van der Waals surface area contributed by atoms with Gasteiger partial charge in [0.2, 0.25) is 0 Å². The molecule has 0 fully saturated rings. The Kier molecular flexibility index (Phi) is 5.13. The standard InChI is InChI=1S/C21H16ClF3N2O4S/c1-10-13(9-18(28)29)12-6-7-17(22)26-20(12)27(10)19-11-4-3-5-16(32(2,30)31)14(11)8-15(19)21(23,24)25/h3-8,19H,9H2,1-2H3,(H,28,29). The molecule has 1 N–H and O–H groups in total. The summed E-state index contributed by atoms with van der Waals surface area (Å²) in [5, 5.41) is 9.72. The number of halogens is 4. The average Bonchev–Trinajstić information content (AvgIpc) is 3.16. The van der Waals surface area contributed by atoms with Crippen LogP contribution < -0.4 is 0 Å². The minimum Gasteiger partial charge on any atom is -0.481 e. The maximum Gasteiger partial charge on any atom is 0.415 e. The number of alkyl halides is 3. The smallest absolute Gasteiger partial charge is 0.415 e. The third kappa shape index (κ3) is 3.57. The van der Waals surface area contributed by atoms with E-state index in [0.29, 0.717) is 10.9 Å². The predicted molar refractivity (Wildman–Crippen MR) is 113 cm³/mol. The van der Waals surface area contributed by atoms with E-state index in [9.17, 15) is 31.5 Å². The average molecular weight is 485 g/mol. The van der Waals surface area contributed by atoms with E-state index in [1.807, 2.05) is 0 Å². The van der Waals surface area contributed by atoms with Crippen LogP contribution >= 0.6 is 11.6 Å². The van der Waals surface area contributed by atoms with E-state index in [1.165, 1.54) is 41.8 Å². The van der Waals surface area contributed by atoms with Crippen LogP contribution in [0.2, 0.25) is 5.15 Å². The summed E-state index contributed by atoms with van der Waals surface area (Å²) in [5.41, 5.74) is -0.226. The third-order valence-electron chi connectivity index (χ3n) is 5.49. The van der Waals surface area contributed by atoms with E-state index >= 15 is 0 Å². The van der Waals surface area contributed by atoms with E-state index in [1.54, 1.807) is 0 Å². The van der Waals surface area contributed by atoms with Gasteiger partial charge >= 0.3 is 12.1 Å². The molecule has 0 aliphatic heterocycles. The SMILES string of the molecule is Cc1c(CC(=O)O)c2ccc(Cl)nc2n1C1C(C(F)(F)F)=Cc2c1cccc2S(C)(=O)=O. The second-order valence-corrected chi connectivity index (χ2v) is 9.91. The lowest BCUT2D eigenvalue weighted by Gasteiger charge is -2.23. The van der Waals surface area contributed by atoms with Crippen molar-refractivity contribution in [2.24, 2.45) is 0 Å². The monoisotopic (exact) mass is 484 g/mol. The first-order valence-electron chi connectivity index (χ1n) is 9.30. The first-order valence-corrected chi connectivity index (χ1v) is 11.6. The molecule has 0 saturated heterocycles. The van der Waals surface area contributed by atoms with E-state index < -0.39 is 40.0 Å². The van der Waals surface area contributed by atoms with Crippen molar-refractivity contribution in [3.05, 3.63) is 63.4 Å². The maximum atomic E-state index is 14.1. The van der Waals surface area contributed by atoms with E-state index in [-0.39, 0.29) is 32.5 Å². The fourth-order valence-corrected chi connectivity index (χ4v) is 5.27. The number of pyridine rings is 1. The van der Waals surface area contributed by atoms with Gasteiger partial charge in [-0.15, -0.1) is 0 Å². The second-order valence-electron chi connectivity index (χ2n) is 7.54. The molecule has 1 unspecified atom stereocenters. The van der Waals surface area contributed by atoms with Gasteiger partial charge in [-0.25, -0.2) is 13.4 Å². The summed E-state index contributed by atoms with van der Waals surface area (Å²) in [5.74, 6) is -1.15. The summed E-state index contributed by atoms with van der Waals surface area (Å²) in [7, 11) is -3.81. The Morgan fingerprint density at radius 1 is 1.25 bits per heavy atom. The fourth-order valence-electron chi connectivity index (χ4n) is 4.23. The van der Waals surface area contributed by atoms with Gasteiger partial charge in [0.05, 0.1) is 22.9 Å². The van der Waals surface area contributed by atoms with Crippen molar-refractivity contribution in [2.75, 3.05) is 6.26 Å². The molecule has 0 radical (unpaired) electrons. The second kappa shape index (κ2) is 7.35. The van der Waals surface area contributed by atoms with Gasteiger partial charge in [-0.1, -0.05) is 23.7 Å². The number of carboxylic acids is 1. The molecule has 1 atom stereocenters. The number of carbonyl (C=O) groups is 1. The topological polar surface area (TPSA) is 89.3 Å². The largest absolute Gasteiger partial charge is 0.481 e. The summed E-state index contributed by atoms with van der Waals surface area (Å²) in [6.45, 7) is 1.51. The highest BCUT2D eigenvalue weighted by Gasteiger charge is 2.46. The summed E-state index contributed by atoms with van der Waals surface area (Å²) < 4.78 is 68.2. The van der Waals surface area contributed by atoms with E-state index in [4.69, 9.17) is 11.6 Å². The van der Waals surface area contributed by atoms with Gasteiger partial charge in [-0.05, 0) is 47.9 Å². The normalized spacial score (nSPS) is 16.3. The fraction of sp³-hybridized carbons (Fsp3) is 0.238. The molecule has 168 valence electrons. The number of fused-ring (bicyclic) bond motifs is 2. The number of benzene rings is 1. The molecule has 6 nitrogen and oxygen atoms in total. The summed E-state index contributed by atoms with van der Waals surface area (Å²) in [4.78, 5) is 15.4. The highest BCUT2D eigenvalue weighted by molar-refractivity contribution is 7.90. The molecule has 0 amide bonds. The van der Waals surface area contributed by atoms with Crippen molar-refractivity contribution >= 4 is 44.5 Å². The highest BCUT2D eigenvalue weighted by Crippen LogP contribution is 2.49. The van der Waals surface area contributed by atoms with Crippen LogP contribution in [0.25, 0.3) is 17.1 Å². The molecule has 32 heavy (non-hydrogen) atoms. The number of hydrogen-bond acceptors (Lipinski definition) is 4. The Morgan fingerprint density at radius 2 is 1.94 bits per heavy atom. The van der Waals surface area contributed by atoms with Crippen LogP contribution in [-0.4, -0.2) is 41.5 Å². The molecule has 1 aliphatic rings. The van der Waals surface area contributed by atoms with Crippen molar-refractivity contribution in [1.82, 2.24) is 9.55 Å². The number of sulfone groups is 1. The molecule has 1 aliphatic carbocycles. The number of aliphatic carboxylic acids is 1. The number of rotatable bonds is 4. The molecule has 0 bridgehead atoms. The lowest BCUT2D eigenvalue weighted by molar-refractivity contribution is -0.136. The molecule has 4 rings (SSSR count). The van der Waals surface area contributed by atoms with Crippen LogP contribution in [0, 0.1) is 6.92 Å². The van der Waals surface area contributed by atoms with Gasteiger partial charge in [0.1, 0.15) is 10.8 Å². The third-order valence-corrected chi connectivity index (χ3v) is 6.86. The molecule has 0 saturated carbocycles. The number of aromatic nitrogens is 2. The lowest BCUT2D eigenvalue weighted by Crippen LogP contribution is -2.22. The molecular weight excluding hydrogens is 469 g/mol. The van der Waals surface area contributed by atoms with Gasteiger partial charge in [-0.3, -0.25) is 4.79 Å². The van der Waals surface area contributed by atoms with Crippen molar-refractivity contribution in [2.45, 2.75) is 30.5 Å². The van der Waals surface area contributed by atoms with Crippen LogP contribution in [0.4, 0.5) is 13.2 Å². The first kappa shape index (κ1) is 22.3. The van der Waals surface area contributed by atoms with Gasteiger partial charge in [0.25, 0.3) is 0 Å².